The number of nitrogens with zero attached hydrogens (tertiary/aromatic N) is 1. The number of ether oxygens (including phenoxy) is 1. The molecule has 124 valence electrons. The van der Waals surface area contributed by atoms with E-state index in [0.29, 0.717) is 19.7 Å². The summed E-state index contributed by atoms with van der Waals surface area (Å²) in [6.07, 6.45) is 1.67. The van der Waals surface area contributed by atoms with E-state index in [-0.39, 0.29) is 0 Å². The summed E-state index contributed by atoms with van der Waals surface area (Å²) in [6.45, 7) is 7.51. The minimum atomic E-state index is 0.617. The number of hydrogen-bond donors (Lipinski definition) is 2. The zero-order chi connectivity index (χ0) is 16.3. The molecular formula is C18H25N3O2. The van der Waals surface area contributed by atoms with Crippen molar-refractivity contribution in [2.45, 2.75) is 33.5 Å². The lowest BCUT2D eigenvalue weighted by molar-refractivity contribution is 0.134. The maximum absolute atomic E-state index is 5.40. The third-order valence-corrected chi connectivity index (χ3v) is 3.27. The van der Waals surface area contributed by atoms with Crippen molar-refractivity contribution in [1.82, 2.24) is 10.6 Å². The van der Waals surface area contributed by atoms with Crippen LogP contribution in [0.5, 0.6) is 0 Å². The van der Waals surface area contributed by atoms with Gasteiger partial charge in [0, 0.05) is 13.2 Å². The van der Waals surface area contributed by atoms with E-state index in [0.717, 1.165) is 24.9 Å². The van der Waals surface area contributed by atoms with Crippen LogP contribution in [-0.4, -0.2) is 19.1 Å². The number of furan rings is 1. The highest BCUT2D eigenvalue weighted by molar-refractivity contribution is 5.79. The molecule has 2 rings (SSSR count). The highest BCUT2D eigenvalue weighted by atomic mass is 16.5. The Morgan fingerprint density at radius 1 is 1.09 bits per heavy atom. The maximum atomic E-state index is 5.40. The first-order valence-electron chi connectivity index (χ1n) is 8.02. The van der Waals surface area contributed by atoms with Gasteiger partial charge in [-0.25, -0.2) is 4.99 Å². The Hall–Kier alpha value is -2.27. The number of benzene rings is 1. The van der Waals surface area contributed by atoms with E-state index in [1.165, 1.54) is 11.1 Å². The average Bonchev–Trinajstić information content (AvgIpc) is 3.10. The largest absolute Gasteiger partial charge is 0.467 e. The van der Waals surface area contributed by atoms with E-state index in [9.17, 15) is 0 Å². The van der Waals surface area contributed by atoms with Gasteiger partial charge in [0.25, 0.3) is 0 Å². The van der Waals surface area contributed by atoms with Crippen LogP contribution in [0.15, 0.2) is 52.1 Å². The van der Waals surface area contributed by atoms with Crippen LogP contribution in [0.4, 0.5) is 0 Å². The van der Waals surface area contributed by atoms with E-state index < -0.39 is 0 Å². The van der Waals surface area contributed by atoms with Gasteiger partial charge >= 0.3 is 0 Å². The normalized spacial score (nSPS) is 11.5. The third kappa shape index (κ3) is 6.16. The fourth-order valence-electron chi connectivity index (χ4n) is 2.06. The fraction of sp³-hybridized carbons (Fsp3) is 0.389. The SMILES string of the molecule is CCNC(=NCc1ccc(COCC)cc1)NCc1ccco1. The number of rotatable bonds is 8. The van der Waals surface area contributed by atoms with Crippen molar-refractivity contribution >= 4 is 5.96 Å². The van der Waals surface area contributed by atoms with Gasteiger partial charge in [-0.2, -0.15) is 0 Å². The molecule has 0 aliphatic heterocycles. The molecule has 5 heteroatoms. The van der Waals surface area contributed by atoms with Crippen LogP contribution < -0.4 is 10.6 Å². The molecule has 5 nitrogen and oxygen atoms in total. The zero-order valence-electron chi connectivity index (χ0n) is 13.8. The second-order valence-corrected chi connectivity index (χ2v) is 5.08. The molecule has 1 heterocycles. The van der Waals surface area contributed by atoms with E-state index in [2.05, 4.69) is 39.9 Å². The van der Waals surface area contributed by atoms with Gasteiger partial charge in [-0.05, 0) is 37.1 Å². The second-order valence-electron chi connectivity index (χ2n) is 5.08. The molecule has 0 radical (unpaired) electrons. The molecule has 1 aromatic heterocycles. The van der Waals surface area contributed by atoms with Crippen LogP contribution in [0.25, 0.3) is 0 Å². The number of hydrogen-bond acceptors (Lipinski definition) is 3. The van der Waals surface area contributed by atoms with Crippen LogP contribution in [0.2, 0.25) is 0 Å². The van der Waals surface area contributed by atoms with Gasteiger partial charge in [-0.1, -0.05) is 24.3 Å². The third-order valence-electron chi connectivity index (χ3n) is 3.27. The van der Waals surface area contributed by atoms with Crippen molar-refractivity contribution in [3.8, 4) is 0 Å². The minimum Gasteiger partial charge on any atom is -0.467 e. The van der Waals surface area contributed by atoms with Gasteiger partial charge in [0.2, 0.25) is 0 Å². The summed E-state index contributed by atoms with van der Waals surface area (Å²) in [6, 6.07) is 12.2. The topological polar surface area (TPSA) is 58.8 Å². The van der Waals surface area contributed by atoms with Gasteiger partial charge in [-0.3, -0.25) is 0 Å². The quantitative estimate of drug-likeness (QED) is 0.580. The van der Waals surface area contributed by atoms with Crippen molar-refractivity contribution in [1.29, 1.82) is 0 Å². The van der Waals surface area contributed by atoms with E-state index in [4.69, 9.17) is 9.15 Å². The Balaban J connectivity index is 1.88. The molecule has 0 saturated carbocycles. The molecule has 2 aromatic rings. The predicted octanol–water partition coefficient (Wildman–Crippen LogP) is 3.07. The summed E-state index contributed by atoms with van der Waals surface area (Å²) in [7, 11) is 0. The van der Waals surface area contributed by atoms with E-state index in [1.807, 2.05) is 26.0 Å². The molecule has 0 fully saturated rings. The predicted molar refractivity (Wildman–Crippen MR) is 92.1 cm³/mol. The van der Waals surface area contributed by atoms with Gasteiger partial charge in [0.05, 0.1) is 26.0 Å². The number of guanidine groups is 1. The Labute approximate surface area is 137 Å². The lowest BCUT2D eigenvalue weighted by Gasteiger charge is -2.10. The molecule has 2 N–H and O–H groups in total. The van der Waals surface area contributed by atoms with E-state index in [1.54, 1.807) is 6.26 Å². The van der Waals surface area contributed by atoms with Gasteiger partial charge in [0.1, 0.15) is 5.76 Å². The van der Waals surface area contributed by atoms with Crippen LogP contribution in [0.1, 0.15) is 30.7 Å². The molecule has 0 unspecified atom stereocenters. The van der Waals surface area contributed by atoms with Crippen molar-refractivity contribution in [3.05, 3.63) is 59.5 Å². The van der Waals surface area contributed by atoms with Crippen molar-refractivity contribution in [3.63, 3.8) is 0 Å². The molecule has 0 aliphatic carbocycles. The Bertz CT molecular complexity index is 577. The Kier molecular flexibility index (Phi) is 7.20. The molecule has 0 bridgehead atoms. The summed E-state index contributed by atoms with van der Waals surface area (Å²) < 4.78 is 10.7. The fourth-order valence-corrected chi connectivity index (χ4v) is 2.06. The second kappa shape index (κ2) is 9.69. The summed E-state index contributed by atoms with van der Waals surface area (Å²) in [5, 5.41) is 6.49. The van der Waals surface area contributed by atoms with Crippen molar-refractivity contribution in [2.75, 3.05) is 13.2 Å². The minimum absolute atomic E-state index is 0.617. The highest BCUT2D eigenvalue weighted by Gasteiger charge is 2.00. The first-order valence-corrected chi connectivity index (χ1v) is 8.02. The molecule has 0 aliphatic rings. The first-order chi connectivity index (χ1) is 11.3. The van der Waals surface area contributed by atoms with Gasteiger partial charge < -0.3 is 19.8 Å². The van der Waals surface area contributed by atoms with Gasteiger partial charge in [0.15, 0.2) is 5.96 Å². The number of aliphatic imine (C=N–C) groups is 1. The zero-order valence-corrected chi connectivity index (χ0v) is 13.8. The Morgan fingerprint density at radius 2 is 1.87 bits per heavy atom. The molecule has 0 spiro atoms. The van der Waals surface area contributed by atoms with Crippen LogP contribution in [0.3, 0.4) is 0 Å². The summed E-state index contributed by atoms with van der Waals surface area (Å²) >= 11 is 0. The number of nitrogens with one attached hydrogen (secondary N) is 2. The highest BCUT2D eigenvalue weighted by Crippen LogP contribution is 2.07. The average molecular weight is 315 g/mol. The Morgan fingerprint density at radius 3 is 2.52 bits per heavy atom. The van der Waals surface area contributed by atoms with Crippen molar-refractivity contribution < 1.29 is 9.15 Å². The first kappa shape index (κ1) is 17.1. The molecule has 1 aromatic carbocycles. The van der Waals surface area contributed by atoms with E-state index >= 15 is 0 Å². The molecule has 0 atom stereocenters. The van der Waals surface area contributed by atoms with Crippen LogP contribution in [-0.2, 0) is 24.4 Å². The molecule has 0 amide bonds. The van der Waals surface area contributed by atoms with Crippen LogP contribution in [0, 0.1) is 0 Å². The summed E-state index contributed by atoms with van der Waals surface area (Å²) in [5.41, 5.74) is 2.35. The summed E-state index contributed by atoms with van der Waals surface area (Å²) in [5.74, 6) is 1.66. The maximum Gasteiger partial charge on any atom is 0.191 e. The molecule has 0 saturated heterocycles. The van der Waals surface area contributed by atoms with Gasteiger partial charge in [-0.15, -0.1) is 0 Å². The summed E-state index contributed by atoms with van der Waals surface area (Å²) in [4.78, 5) is 4.60. The lowest BCUT2D eigenvalue weighted by Crippen LogP contribution is -2.36. The monoisotopic (exact) mass is 315 g/mol. The lowest BCUT2D eigenvalue weighted by atomic mass is 10.1. The smallest absolute Gasteiger partial charge is 0.191 e. The van der Waals surface area contributed by atoms with Crippen LogP contribution >= 0.6 is 0 Å². The standard InChI is InChI=1S/C18H25N3O2/c1-3-19-18(21-13-17-6-5-11-23-17)20-12-15-7-9-16(10-8-15)14-22-4-2/h5-11H,3-4,12-14H2,1-2H3,(H2,19,20,21). The van der Waals surface area contributed by atoms with Crippen molar-refractivity contribution in [2.24, 2.45) is 4.99 Å². The molecule has 23 heavy (non-hydrogen) atoms. The molecular weight excluding hydrogens is 290 g/mol.